The second kappa shape index (κ2) is 9.77. The third-order valence-electron chi connectivity index (χ3n) is 6.05. The molecule has 0 bridgehead atoms. The molecule has 7 heteroatoms. The molecule has 0 aliphatic carbocycles. The van der Waals surface area contributed by atoms with Crippen molar-refractivity contribution < 1.29 is 13.2 Å². The zero-order chi connectivity index (χ0) is 23.4. The summed E-state index contributed by atoms with van der Waals surface area (Å²) in [6.07, 6.45) is 1.01. The molecule has 4 rings (SSSR count). The molecule has 0 saturated heterocycles. The molecule has 1 aliphatic heterocycles. The summed E-state index contributed by atoms with van der Waals surface area (Å²) < 4.78 is 27.1. The molecule has 0 atom stereocenters. The highest BCUT2D eigenvalue weighted by Crippen LogP contribution is 2.30. The first-order chi connectivity index (χ1) is 15.9. The van der Waals surface area contributed by atoms with Crippen LogP contribution in [0.4, 0.5) is 11.4 Å². The number of benzene rings is 3. The maximum Gasteiger partial charge on any atom is 0.255 e. The normalized spacial score (nSPS) is 13.2. The van der Waals surface area contributed by atoms with E-state index in [2.05, 4.69) is 28.4 Å². The van der Waals surface area contributed by atoms with E-state index in [1.807, 2.05) is 30.3 Å². The molecule has 3 aromatic carbocycles. The Hall–Kier alpha value is -3.16. The fourth-order valence-electron chi connectivity index (χ4n) is 4.26. The summed E-state index contributed by atoms with van der Waals surface area (Å²) >= 11 is 0. The number of fused-ring (bicyclic) bond motifs is 1. The fourth-order valence-corrected chi connectivity index (χ4v) is 5.77. The van der Waals surface area contributed by atoms with Crippen molar-refractivity contribution in [2.45, 2.75) is 31.7 Å². The molecule has 1 heterocycles. The number of nitrogens with one attached hydrogen (secondary N) is 1. The third-order valence-corrected chi connectivity index (χ3v) is 8.10. The SMILES string of the molecule is CCN(CC)S(=O)(=O)c1cccc(C(=O)Nc2ccccc2CN2CCc3ccccc32)c1. The average Bonchev–Trinajstić information content (AvgIpc) is 3.24. The van der Waals surface area contributed by atoms with Crippen LogP contribution in [0, 0.1) is 0 Å². The van der Waals surface area contributed by atoms with Gasteiger partial charge >= 0.3 is 0 Å². The Morgan fingerprint density at radius 1 is 0.970 bits per heavy atom. The van der Waals surface area contributed by atoms with Crippen LogP contribution in [0.1, 0.15) is 35.3 Å². The van der Waals surface area contributed by atoms with Gasteiger partial charge in [-0.15, -0.1) is 0 Å². The molecule has 1 amide bonds. The maximum atomic E-state index is 13.1. The van der Waals surface area contributed by atoms with Gasteiger partial charge in [-0.1, -0.05) is 56.3 Å². The number of hydrogen-bond acceptors (Lipinski definition) is 4. The van der Waals surface area contributed by atoms with E-state index in [1.54, 1.807) is 26.0 Å². The van der Waals surface area contributed by atoms with Crippen LogP contribution in [-0.4, -0.2) is 38.3 Å². The Kier molecular flexibility index (Phi) is 6.81. The van der Waals surface area contributed by atoms with E-state index in [0.29, 0.717) is 25.2 Å². The predicted octanol–water partition coefficient (Wildman–Crippen LogP) is 4.53. The van der Waals surface area contributed by atoms with Crippen molar-refractivity contribution >= 4 is 27.3 Å². The number of anilines is 2. The Labute approximate surface area is 195 Å². The van der Waals surface area contributed by atoms with Gasteiger partial charge in [0.05, 0.1) is 4.90 Å². The van der Waals surface area contributed by atoms with Crippen molar-refractivity contribution in [2.24, 2.45) is 0 Å². The van der Waals surface area contributed by atoms with Crippen LogP contribution in [0.25, 0.3) is 0 Å². The molecule has 0 spiro atoms. The lowest BCUT2D eigenvalue weighted by atomic mass is 10.1. The van der Waals surface area contributed by atoms with E-state index in [-0.39, 0.29) is 10.8 Å². The number of carbonyl (C=O) groups excluding carboxylic acids is 1. The molecule has 0 fully saturated rings. The molecule has 1 N–H and O–H groups in total. The topological polar surface area (TPSA) is 69.7 Å². The van der Waals surface area contributed by atoms with E-state index in [9.17, 15) is 13.2 Å². The van der Waals surface area contributed by atoms with Crippen molar-refractivity contribution in [2.75, 3.05) is 29.9 Å². The van der Waals surface area contributed by atoms with E-state index >= 15 is 0 Å². The maximum absolute atomic E-state index is 13.1. The minimum Gasteiger partial charge on any atom is -0.367 e. The molecular weight excluding hydrogens is 434 g/mol. The lowest BCUT2D eigenvalue weighted by molar-refractivity contribution is 0.102. The van der Waals surface area contributed by atoms with Gasteiger partial charge in [-0.2, -0.15) is 4.31 Å². The van der Waals surface area contributed by atoms with E-state index in [1.165, 1.54) is 27.7 Å². The summed E-state index contributed by atoms with van der Waals surface area (Å²) in [4.78, 5) is 15.5. The highest BCUT2D eigenvalue weighted by atomic mass is 32.2. The molecule has 0 aromatic heterocycles. The molecule has 0 unspecified atom stereocenters. The summed E-state index contributed by atoms with van der Waals surface area (Å²) in [6, 6.07) is 22.4. The van der Waals surface area contributed by atoms with E-state index in [4.69, 9.17) is 0 Å². The number of para-hydroxylation sites is 2. The molecule has 33 heavy (non-hydrogen) atoms. The smallest absolute Gasteiger partial charge is 0.255 e. The summed E-state index contributed by atoms with van der Waals surface area (Å²) in [7, 11) is -3.64. The summed E-state index contributed by atoms with van der Waals surface area (Å²) in [5, 5.41) is 2.99. The van der Waals surface area contributed by atoms with Crippen molar-refractivity contribution in [3.05, 3.63) is 89.5 Å². The Morgan fingerprint density at radius 2 is 1.70 bits per heavy atom. The quantitative estimate of drug-likeness (QED) is 0.533. The second-order valence-electron chi connectivity index (χ2n) is 8.03. The van der Waals surface area contributed by atoms with Gasteiger partial charge in [0.1, 0.15) is 0 Å². The van der Waals surface area contributed by atoms with Crippen LogP contribution in [0.15, 0.2) is 77.7 Å². The van der Waals surface area contributed by atoms with Crippen molar-refractivity contribution in [3.8, 4) is 0 Å². The molecule has 6 nitrogen and oxygen atoms in total. The number of carbonyl (C=O) groups is 1. The number of rotatable bonds is 8. The van der Waals surface area contributed by atoms with Crippen LogP contribution in [0.2, 0.25) is 0 Å². The summed E-state index contributed by atoms with van der Waals surface area (Å²) in [6.45, 7) is 5.97. The number of hydrogen-bond donors (Lipinski definition) is 1. The molecule has 1 aliphatic rings. The summed E-state index contributed by atoms with van der Waals surface area (Å²) in [5.41, 5.74) is 4.61. The summed E-state index contributed by atoms with van der Waals surface area (Å²) in [5.74, 6) is -0.333. The zero-order valence-electron chi connectivity index (χ0n) is 19.0. The largest absolute Gasteiger partial charge is 0.367 e. The molecule has 172 valence electrons. The van der Waals surface area contributed by atoms with E-state index < -0.39 is 10.0 Å². The zero-order valence-corrected chi connectivity index (χ0v) is 19.8. The second-order valence-corrected chi connectivity index (χ2v) is 9.97. The lowest BCUT2D eigenvalue weighted by Gasteiger charge is -2.21. The van der Waals surface area contributed by atoms with Gasteiger partial charge in [-0.25, -0.2) is 8.42 Å². The standard InChI is InChI=1S/C26H29N3O3S/c1-3-29(4-2)33(31,32)23-13-9-12-21(18-23)26(30)27-24-14-7-5-11-22(24)19-28-17-16-20-10-6-8-15-25(20)28/h5-15,18H,3-4,16-17,19H2,1-2H3,(H,27,30). The Bertz CT molecular complexity index is 1250. The number of nitrogens with zero attached hydrogens (tertiary/aromatic N) is 2. The first-order valence-corrected chi connectivity index (χ1v) is 12.7. The minimum atomic E-state index is -3.64. The van der Waals surface area contributed by atoms with Crippen LogP contribution < -0.4 is 10.2 Å². The first kappa shape index (κ1) is 23.0. The van der Waals surface area contributed by atoms with Gasteiger partial charge in [-0.05, 0) is 47.9 Å². The van der Waals surface area contributed by atoms with Gasteiger partial charge in [0, 0.05) is 43.1 Å². The highest BCUT2D eigenvalue weighted by molar-refractivity contribution is 7.89. The van der Waals surface area contributed by atoms with Gasteiger partial charge in [0.2, 0.25) is 10.0 Å². The monoisotopic (exact) mass is 463 g/mol. The van der Waals surface area contributed by atoms with Crippen LogP contribution in [0.5, 0.6) is 0 Å². The van der Waals surface area contributed by atoms with Crippen molar-refractivity contribution in [3.63, 3.8) is 0 Å². The minimum absolute atomic E-state index is 0.126. The fraction of sp³-hybridized carbons (Fsp3) is 0.269. The van der Waals surface area contributed by atoms with Gasteiger partial charge in [-0.3, -0.25) is 4.79 Å². The van der Waals surface area contributed by atoms with Gasteiger partial charge in [0.25, 0.3) is 5.91 Å². The van der Waals surface area contributed by atoms with Crippen molar-refractivity contribution in [1.82, 2.24) is 4.31 Å². The molecule has 0 radical (unpaired) electrons. The van der Waals surface area contributed by atoms with Crippen LogP contribution in [-0.2, 0) is 23.0 Å². The van der Waals surface area contributed by atoms with Crippen LogP contribution >= 0.6 is 0 Å². The third kappa shape index (κ3) is 4.79. The van der Waals surface area contributed by atoms with Gasteiger partial charge < -0.3 is 10.2 Å². The lowest BCUT2D eigenvalue weighted by Crippen LogP contribution is -2.30. The molecule has 3 aromatic rings. The predicted molar refractivity (Wildman–Crippen MR) is 132 cm³/mol. The van der Waals surface area contributed by atoms with Gasteiger partial charge in [0.15, 0.2) is 0 Å². The first-order valence-electron chi connectivity index (χ1n) is 11.3. The highest BCUT2D eigenvalue weighted by Gasteiger charge is 2.23. The average molecular weight is 464 g/mol. The van der Waals surface area contributed by atoms with Crippen molar-refractivity contribution in [1.29, 1.82) is 0 Å². The Morgan fingerprint density at radius 3 is 2.48 bits per heavy atom. The Balaban J connectivity index is 1.55. The number of amides is 1. The molecular formula is C26H29N3O3S. The number of sulfonamides is 1. The van der Waals surface area contributed by atoms with Crippen LogP contribution in [0.3, 0.4) is 0 Å². The molecule has 0 saturated carbocycles. The van der Waals surface area contributed by atoms with E-state index in [0.717, 1.165) is 24.2 Å².